The summed E-state index contributed by atoms with van der Waals surface area (Å²) < 4.78 is 5.45. The third kappa shape index (κ3) is 57.5. The molecule has 6 heteroatoms. The minimum absolute atomic E-state index is 0.00426. The molecule has 0 heterocycles. The zero-order valence-corrected chi connectivity index (χ0v) is 48.0. The van der Waals surface area contributed by atoms with Crippen molar-refractivity contribution in [2.24, 2.45) is 0 Å². The molecule has 0 aliphatic heterocycles. The van der Waals surface area contributed by atoms with Crippen LogP contribution < -0.4 is 5.32 Å². The van der Waals surface area contributed by atoms with E-state index in [1.165, 1.54) is 276 Å². The van der Waals surface area contributed by atoms with Crippen LogP contribution in [0.1, 0.15) is 354 Å². The highest BCUT2D eigenvalue weighted by molar-refractivity contribution is 5.76. The van der Waals surface area contributed by atoms with E-state index in [-0.39, 0.29) is 18.5 Å². The van der Waals surface area contributed by atoms with Gasteiger partial charge < -0.3 is 20.3 Å². The van der Waals surface area contributed by atoms with Crippen LogP contribution in [0, 0.1) is 0 Å². The van der Waals surface area contributed by atoms with Crippen molar-refractivity contribution in [3.05, 3.63) is 24.3 Å². The maximum Gasteiger partial charge on any atom is 0.305 e. The average molecular weight is 1000 g/mol. The molecule has 71 heavy (non-hydrogen) atoms. The number of esters is 1. The molecule has 0 saturated carbocycles. The summed E-state index contributed by atoms with van der Waals surface area (Å²) in [5.41, 5.74) is 0. The van der Waals surface area contributed by atoms with Crippen LogP contribution in [-0.4, -0.2) is 47.4 Å². The normalized spacial score (nSPS) is 12.7. The predicted molar refractivity (Wildman–Crippen MR) is 310 cm³/mol. The number of carbonyl (C=O) groups excluding carboxylic acids is 2. The van der Waals surface area contributed by atoms with Crippen LogP contribution in [0.4, 0.5) is 0 Å². The Balaban J connectivity index is 3.44. The number of unbranched alkanes of at least 4 members (excludes halogenated alkanes) is 45. The Kier molecular flexibility index (Phi) is 59.5. The molecule has 1 amide bonds. The zero-order valence-electron chi connectivity index (χ0n) is 48.0. The molecule has 6 nitrogen and oxygen atoms in total. The molecule has 0 aliphatic carbocycles. The average Bonchev–Trinajstić information content (AvgIpc) is 3.37. The van der Waals surface area contributed by atoms with Crippen LogP contribution in [0.15, 0.2) is 24.3 Å². The predicted octanol–water partition coefficient (Wildman–Crippen LogP) is 20.2. The second-order valence-corrected chi connectivity index (χ2v) is 22.1. The van der Waals surface area contributed by atoms with Gasteiger partial charge in [0.25, 0.3) is 0 Å². The first-order chi connectivity index (χ1) is 35.0. The quantitative estimate of drug-likeness (QED) is 0.0320. The number of aliphatic hydroxyl groups is 2. The van der Waals surface area contributed by atoms with Gasteiger partial charge in [-0.05, 0) is 70.6 Å². The van der Waals surface area contributed by atoms with Crippen LogP contribution in [0.2, 0.25) is 0 Å². The SMILES string of the molecule is CCCC/C=C\CCCCCCCC(=O)OCCCCCCCCCCC/C=C\CCCCCCCCCC(=O)NC(CO)C(O)CCCCCCCCCCCCCCCCCCCCCCCCC. The Hall–Kier alpha value is -1.66. The molecule has 420 valence electrons. The van der Waals surface area contributed by atoms with E-state index in [4.69, 9.17) is 4.74 Å². The molecule has 2 unspecified atom stereocenters. The van der Waals surface area contributed by atoms with E-state index in [1.807, 2.05) is 0 Å². The molecule has 0 saturated heterocycles. The van der Waals surface area contributed by atoms with Crippen molar-refractivity contribution < 1.29 is 24.5 Å². The maximum atomic E-state index is 12.5. The third-order valence-electron chi connectivity index (χ3n) is 15.0. The summed E-state index contributed by atoms with van der Waals surface area (Å²) in [6.45, 7) is 4.93. The molecular formula is C65H125NO5. The van der Waals surface area contributed by atoms with E-state index < -0.39 is 12.1 Å². The molecule has 0 aromatic heterocycles. The Morgan fingerprint density at radius 1 is 0.380 bits per heavy atom. The largest absolute Gasteiger partial charge is 0.466 e. The number of hydrogen-bond acceptors (Lipinski definition) is 5. The molecule has 3 N–H and O–H groups in total. The minimum Gasteiger partial charge on any atom is -0.466 e. The molecule has 0 aromatic carbocycles. The third-order valence-corrected chi connectivity index (χ3v) is 15.0. The zero-order chi connectivity index (χ0) is 51.4. The number of nitrogens with one attached hydrogen (secondary N) is 1. The second kappa shape index (κ2) is 60.9. The molecule has 0 fully saturated rings. The van der Waals surface area contributed by atoms with Gasteiger partial charge in [-0.25, -0.2) is 0 Å². The summed E-state index contributed by atoms with van der Waals surface area (Å²) in [7, 11) is 0. The minimum atomic E-state index is -0.671. The van der Waals surface area contributed by atoms with Crippen LogP contribution >= 0.6 is 0 Å². The number of allylic oxidation sites excluding steroid dienone is 4. The molecule has 0 rings (SSSR count). The lowest BCUT2D eigenvalue weighted by atomic mass is 10.0. The smallest absolute Gasteiger partial charge is 0.305 e. The lowest BCUT2D eigenvalue weighted by molar-refractivity contribution is -0.143. The standard InChI is InChI=1S/C65H125NO5/c1-3-5-7-9-11-13-15-16-17-18-19-20-21-22-25-28-31-34-38-41-45-49-53-57-63(68)62(61-67)66-64(69)58-54-50-46-42-39-35-32-29-26-23-24-27-30-33-36-40-44-48-52-56-60-71-65(70)59-55-51-47-43-37-14-12-10-8-6-4-2/h10,12,23,26,62-63,67-68H,3-9,11,13-22,24-25,27-61H2,1-2H3,(H,66,69)/b12-10-,26-23-. The molecule has 2 atom stereocenters. The van der Waals surface area contributed by atoms with Gasteiger partial charge in [-0.3, -0.25) is 9.59 Å². The summed E-state index contributed by atoms with van der Waals surface area (Å²) in [6, 6.07) is -0.549. The molecule has 0 aromatic rings. The summed E-state index contributed by atoms with van der Waals surface area (Å²) in [4.78, 5) is 24.5. The number of hydrogen-bond donors (Lipinski definition) is 3. The maximum absolute atomic E-state index is 12.5. The van der Waals surface area contributed by atoms with Crippen molar-refractivity contribution in [2.45, 2.75) is 366 Å². The van der Waals surface area contributed by atoms with Gasteiger partial charge >= 0.3 is 5.97 Å². The molecule has 0 aliphatic rings. The van der Waals surface area contributed by atoms with Gasteiger partial charge in [0.2, 0.25) is 5.91 Å². The van der Waals surface area contributed by atoms with E-state index in [0.29, 0.717) is 25.9 Å². The highest BCUT2D eigenvalue weighted by Gasteiger charge is 2.20. The molecule has 0 bridgehead atoms. The van der Waals surface area contributed by atoms with Crippen LogP contribution in [-0.2, 0) is 14.3 Å². The van der Waals surface area contributed by atoms with E-state index in [9.17, 15) is 19.8 Å². The second-order valence-electron chi connectivity index (χ2n) is 22.1. The molecular weight excluding hydrogens is 875 g/mol. The Bertz CT molecular complexity index is 1110. The number of aliphatic hydroxyl groups excluding tert-OH is 2. The monoisotopic (exact) mass is 1000 g/mol. The fraction of sp³-hybridized carbons (Fsp3) is 0.908. The van der Waals surface area contributed by atoms with Gasteiger partial charge in [-0.2, -0.15) is 0 Å². The Labute approximate surface area is 443 Å². The first-order valence-corrected chi connectivity index (χ1v) is 32.1. The first-order valence-electron chi connectivity index (χ1n) is 32.1. The van der Waals surface area contributed by atoms with Crippen molar-refractivity contribution in [1.82, 2.24) is 5.32 Å². The van der Waals surface area contributed by atoms with E-state index >= 15 is 0 Å². The summed E-state index contributed by atoms with van der Waals surface area (Å²) in [5, 5.41) is 23.4. The van der Waals surface area contributed by atoms with Gasteiger partial charge in [0.15, 0.2) is 0 Å². The van der Waals surface area contributed by atoms with Crippen LogP contribution in [0.25, 0.3) is 0 Å². The van der Waals surface area contributed by atoms with Crippen molar-refractivity contribution in [1.29, 1.82) is 0 Å². The van der Waals surface area contributed by atoms with E-state index in [1.54, 1.807) is 0 Å². The Morgan fingerprint density at radius 3 is 1.04 bits per heavy atom. The van der Waals surface area contributed by atoms with Gasteiger partial charge in [-0.15, -0.1) is 0 Å². The lowest BCUT2D eigenvalue weighted by Gasteiger charge is -2.22. The fourth-order valence-electron chi connectivity index (χ4n) is 10.0. The summed E-state index contributed by atoms with van der Waals surface area (Å²) in [6.07, 6.45) is 74.8. The van der Waals surface area contributed by atoms with E-state index in [2.05, 4.69) is 43.5 Å². The number of amides is 1. The topological polar surface area (TPSA) is 95.9 Å². The highest BCUT2D eigenvalue weighted by Crippen LogP contribution is 2.18. The number of ether oxygens (including phenoxy) is 1. The fourth-order valence-corrected chi connectivity index (χ4v) is 10.0. The first kappa shape index (κ1) is 69.3. The van der Waals surface area contributed by atoms with E-state index in [0.717, 1.165) is 44.9 Å². The van der Waals surface area contributed by atoms with Crippen molar-refractivity contribution in [2.75, 3.05) is 13.2 Å². The van der Waals surface area contributed by atoms with Crippen molar-refractivity contribution in [3.8, 4) is 0 Å². The van der Waals surface area contributed by atoms with Gasteiger partial charge in [0, 0.05) is 12.8 Å². The van der Waals surface area contributed by atoms with Crippen LogP contribution in [0.3, 0.4) is 0 Å². The van der Waals surface area contributed by atoms with Crippen molar-refractivity contribution in [3.63, 3.8) is 0 Å². The summed E-state index contributed by atoms with van der Waals surface area (Å²) in [5.74, 6) is -0.0443. The molecule has 0 radical (unpaired) electrons. The highest BCUT2D eigenvalue weighted by atomic mass is 16.5. The Morgan fingerprint density at radius 2 is 0.676 bits per heavy atom. The number of rotatable bonds is 60. The van der Waals surface area contributed by atoms with Gasteiger partial charge in [-0.1, -0.05) is 295 Å². The van der Waals surface area contributed by atoms with Crippen LogP contribution in [0.5, 0.6) is 0 Å². The van der Waals surface area contributed by atoms with Gasteiger partial charge in [0.05, 0.1) is 25.4 Å². The van der Waals surface area contributed by atoms with Crippen molar-refractivity contribution >= 4 is 11.9 Å². The van der Waals surface area contributed by atoms with Gasteiger partial charge in [0.1, 0.15) is 0 Å². The number of carbonyl (C=O) groups is 2. The molecule has 0 spiro atoms. The lowest BCUT2D eigenvalue weighted by Crippen LogP contribution is -2.45. The summed E-state index contributed by atoms with van der Waals surface area (Å²) >= 11 is 0.